The van der Waals surface area contributed by atoms with Crippen LogP contribution in [-0.4, -0.2) is 13.2 Å². The summed E-state index contributed by atoms with van der Waals surface area (Å²) in [4.78, 5) is 0. The van der Waals surface area contributed by atoms with Crippen molar-refractivity contribution in [2.24, 2.45) is 0 Å². The Bertz CT molecular complexity index is 675. The van der Waals surface area contributed by atoms with Gasteiger partial charge in [0.2, 0.25) is 0 Å². The molecule has 22 heavy (non-hydrogen) atoms. The van der Waals surface area contributed by atoms with Crippen LogP contribution in [0, 0.1) is 3.57 Å². The van der Waals surface area contributed by atoms with Crippen LogP contribution in [0.4, 0.5) is 0 Å². The van der Waals surface area contributed by atoms with Gasteiger partial charge in [-0.1, -0.05) is 42.5 Å². The minimum atomic E-state index is 0.455. The van der Waals surface area contributed by atoms with Gasteiger partial charge in [-0.3, -0.25) is 0 Å². The maximum Gasteiger partial charge on any atom is 0.0466 e. The van der Waals surface area contributed by atoms with Crippen LogP contribution >= 0.6 is 22.6 Å². The third kappa shape index (κ3) is 3.44. The Hall–Kier alpha value is -1.13. The zero-order valence-electron chi connectivity index (χ0n) is 12.9. The van der Waals surface area contributed by atoms with E-state index in [1.54, 1.807) is 0 Å². The molecule has 0 heterocycles. The van der Waals surface area contributed by atoms with Gasteiger partial charge in [0.1, 0.15) is 0 Å². The molecule has 2 aromatic rings. The summed E-state index contributed by atoms with van der Waals surface area (Å²) in [5, 5.41) is 0. The molecule has 0 saturated heterocycles. The molecule has 3 rings (SSSR count). The number of rotatable bonds is 5. The molecule has 0 saturated carbocycles. The third-order valence-corrected chi connectivity index (χ3v) is 4.89. The molecule has 1 aliphatic rings. The number of ether oxygens (including phenoxy) is 1. The molecule has 0 aliphatic heterocycles. The first-order valence-corrected chi connectivity index (χ1v) is 9.01. The molecule has 1 unspecified atom stereocenters. The monoisotopic (exact) mass is 404 g/mol. The van der Waals surface area contributed by atoms with Crippen LogP contribution in [0.1, 0.15) is 47.9 Å². The largest absolute Gasteiger partial charge is 0.382 e. The van der Waals surface area contributed by atoms with Crippen LogP contribution in [0.2, 0.25) is 0 Å². The van der Waals surface area contributed by atoms with Gasteiger partial charge < -0.3 is 4.74 Å². The maximum atomic E-state index is 5.54. The highest BCUT2D eigenvalue weighted by molar-refractivity contribution is 14.1. The molecule has 2 aromatic carbocycles. The Morgan fingerprint density at radius 3 is 2.59 bits per heavy atom. The van der Waals surface area contributed by atoms with Crippen molar-refractivity contribution in [3.63, 3.8) is 0 Å². The lowest BCUT2D eigenvalue weighted by Gasteiger charge is -2.20. The van der Waals surface area contributed by atoms with Crippen molar-refractivity contribution in [3.8, 4) is 0 Å². The summed E-state index contributed by atoms with van der Waals surface area (Å²) < 4.78 is 6.84. The molecule has 0 amide bonds. The summed E-state index contributed by atoms with van der Waals surface area (Å²) in [5.74, 6) is 0.455. The van der Waals surface area contributed by atoms with E-state index in [9.17, 15) is 0 Å². The normalized spacial score (nSPS) is 16.0. The summed E-state index contributed by atoms with van der Waals surface area (Å²) in [5.41, 5.74) is 5.58. The fourth-order valence-electron chi connectivity index (χ4n) is 3.17. The Kier molecular flexibility index (Phi) is 5.32. The van der Waals surface area contributed by atoms with Crippen molar-refractivity contribution in [3.05, 3.63) is 68.3 Å². The molecule has 0 aromatic heterocycles. The van der Waals surface area contributed by atoms with Crippen molar-refractivity contribution in [1.29, 1.82) is 0 Å². The van der Waals surface area contributed by atoms with E-state index in [2.05, 4.69) is 84.1 Å². The standard InChI is InChI=1S/C20H21IO/c1-2-22-13-5-8-19-18-7-4-3-6-15(18)9-10-16-11-12-17(21)14-20(16)19/h3-4,6-7,9-12,14,19H,2,5,8,13H2,1H3. The van der Waals surface area contributed by atoms with Crippen molar-refractivity contribution < 1.29 is 4.74 Å². The van der Waals surface area contributed by atoms with Crippen molar-refractivity contribution in [1.82, 2.24) is 0 Å². The minimum absolute atomic E-state index is 0.455. The zero-order valence-corrected chi connectivity index (χ0v) is 15.0. The average Bonchev–Trinajstić information content (AvgIpc) is 2.69. The summed E-state index contributed by atoms with van der Waals surface area (Å²) >= 11 is 2.41. The molecular weight excluding hydrogens is 383 g/mol. The van der Waals surface area contributed by atoms with E-state index in [4.69, 9.17) is 4.74 Å². The second-order valence-corrected chi connectivity index (χ2v) is 6.87. The fourth-order valence-corrected chi connectivity index (χ4v) is 3.69. The number of benzene rings is 2. The second-order valence-electron chi connectivity index (χ2n) is 5.63. The molecular formula is C20H21IO. The molecule has 1 nitrogen and oxygen atoms in total. The number of hydrogen-bond acceptors (Lipinski definition) is 1. The minimum Gasteiger partial charge on any atom is -0.382 e. The molecule has 1 aliphatic carbocycles. The number of fused-ring (bicyclic) bond motifs is 2. The Labute approximate surface area is 146 Å². The van der Waals surface area contributed by atoms with Crippen LogP contribution in [0.15, 0.2) is 42.5 Å². The lowest BCUT2D eigenvalue weighted by atomic mass is 9.84. The topological polar surface area (TPSA) is 9.23 Å². The maximum absolute atomic E-state index is 5.54. The van der Waals surface area contributed by atoms with Crippen molar-refractivity contribution >= 4 is 34.7 Å². The summed E-state index contributed by atoms with van der Waals surface area (Å²) in [7, 11) is 0. The molecule has 2 heteroatoms. The average molecular weight is 404 g/mol. The van der Waals surface area contributed by atoms with Gasteiger partial charge in [-0.15, -0.1) is 0 Å². The second kappa shape index (κ2) is 7.42. The van der Waals surface area contributed by atoms with E-state index in [1.807, 2.05) is 0 Å². The summed E-state index contributed by atoms with van der Waals surface area (Å²) in [6.07, 6.45) is 6.74. The lowest BCUT2D eigenvalue weighted by molar-refractivity contribution is 0.142. The van der Waals surface area contributed by atoms with Crippen LogP contribution in [-0.2, 0) is 4.74 Å². The van der Waals surface area contributed by atoms with Crippen LogP contribution in [0.3, 0.4) is 0 Å². The fraction of sp³-hybridized carbons (Fsp3) is 0.300. The van der Waals surface area contributed by atoms with Crippen molar-refractivity contribution in [2.45, 2.75) is 25.7 Å². The molecule has 0 N–H and O–H groups in total. The van der Waals surface area contributed by atoms with Gasteiger partial charge >= 0.3 is 0 Å². The summed E-state index contributed by atoms with van der Waals surface area (Å²) in [6.45, 7) is 3.71. The molecule has 0 fully saturated rings. The first-order chi connectivity index (χ1) is 10.8. The predicted octanol–water partition coefficient (Wildman–Crippen LogP) is 5.72. The van der Waals surface area contributed by atoms with E-state index in [0.717, 1.165) is 26.1 Å². The lowest BCUT2D eigenvalue weighted by Crippen LogP contribution is -2.06. The van der Waals surface area contributed by atoms with E-state index in [-0.39, 0.29) is 0 Å². The van der Waals surface area contributed by atoms with Gasteiger partial charge in [-0.2, -0.15) is 0 Å². The quantitative estimate of drug-likeness (QED) is 0.457. The van der Waals surface area contributed by atoms with Gasteiger partial charge in [0.05, 0.1) is 0 Å². The van der Waals surface area contributed by atoms with E-state index in [1.165, 1.54) is 25.8 Å². The van der Waals surface area contributed by atoms with Gasteiger partial charge in [-0.05, 0) is 76.7 Å². The van der Waals surface area contributed by atoms with E-state index >= 15 is 0 Å². The highest BCUT2D eigenvalue weighted by atomic mass is 127. The molecule has 0 spiro atoms. The van der Waals surface area contributed by atoms with Crippen LogP contribution < -0.4 is 0 Å². The van der Waals surface area contributed by atoms with Crippen LogP contribution in [0.5, 0.6) is 0 Å². The smallest absolute Gasteiger partial charge is 0.0466 e. The molecule has 0 bridgehead atoms. The predicted molar refractivity (Wildman–Crippen MR) is 102 cm³/mol. The van der Waals surface area contributed by atoms with Gasteiger partial charge in [0, 0.05) is 22.7 Å². The van der Waals surface area contributed by atoms with E-state index in [0.29, 0.717) is 5.92 Å². The Morgan fingerprint density at radius 2 is 1.77 bits per heavy atom. The van der Waals surface area contributed by atoms with Gasteiger partial charge in [0.15, 0.2) is 0 Å². The third-order valence-electron chi connectivity index (χ3n) is 4.22. The van der Waals surface area contributed by atoms with E-state index < -0.39 is 0 Å². The Morgan fingerprint density at radius 1 is 1.00 bits per heavy atom. The molecule has 1 atom stereocenters. The molecule has 0 radical (unpaired) electrons. The SMILES string of the molecule is CCOCCCC1c2ccccc2C=Cc2ccc(I)cc21. The van der Waals surface area contributed by atoms with Crippen molar-refractivity contribution in [2.75, 3.05) is 13.2 Å². The first kappa shape index (κ1) is 15.8. The van der Waals surface area contributed by atoms with Gasteiger partial charge in [-0.25, -0.2) is 0 Å². The number of hydrogen-bond donors (Lipinski definition) is 0. The van der Waals surface area contributed by atoms with Crippen LogP contribution in [0.25, 0.3) is 12.2 Å². The Balaban J connectivity index is 1.98. The first-order valence-electron chi connectivity index (χ1n) is 7.94. The highest BCUT2D eigenvalue weighted by Crippen LogP contribution is 2.38. The molecule has 114 valence electrons. The van der Waals surface area contributed by atoms with Gasteiger partial charge in [0.25, 0.3) is 0 Å². The zero-order chi connectivity index (χ0) is 15.4. The number of halogens is 1. The summed E-state index contributed by atoms with van der Waals surface area (Å²) in [6, 6.07) is 15.6. The highest BCUT2D eigenvalue weighted by Gasteiger charge is 2.21.